The normalized spacial score (nSPS) is 25.2. The second-order valence-electron chi connectivity index (χ2n) is 8.57. The van der Waals surface area contributed by atoms with Gasteiger partial charge in [0.15, 0.2) is 0 Å². The fraction of sp³-hybridized carbons (Fsp3) is 0.652. The molecule has 0 spiro atoms. The van der Waals surface area contributed by atoms with Crippen LogP contribution in [0.15, 0.2) is 24.3 Å². The van der Waals surface area contributed by atoms with Gasteiger partial charge >= 0.3 is 0 Å². The summed E-state index contributed by atoms with van der Waals surface area (Å²) < 4.78 is 5.48. The van der Waals surface area contributed by atoms with Crippen LogP contribution in [0.3, 0.4) is 0 Å². The average molecular weight is 400 g/mol. The zero-order valence-corrected chi connectivity index (χ0v) is 17.5. The number of piperazine rings is 1. The van der Waals surface area contributed by atoms with Gasteiger partial charge in [-0.15, -0.1) is 0 Å². The molecule has 0 unspecified atom stereocenters. The van der Waals surface area contributed by atoms with Crippen molar-refractivity contribution in [2.45, 2.75) is 38.5 Å². The number of likely N-dealkylation sites (tertiary alicyclic amines) is 1. The molecule has 3 aliphatic rings. The highest BCUT2D eigenvalue weighted by Crippen LogP contribution is 2.33. The fourth-order valence-corrected chi connectivity index (χ4v) is 5.10. The van der Waals surface area contributed by atoms with E-state index in [1.54, 1.807) is 7.11 Å². The molecule has 29 heavy (non-hydrogen) atoms. The Balaban J connectivity index is 1.26. The van der Waals surface area contributed by atoms with E-state index < -0.39 is 0 Å². The molecule has 0 atom stereocenters. The number of amides is 2. The summed E-state index contributed by atoms with van der Waals surface area (Å²) in [5.74, 6) is 1.74. The van der Waals surface area contributed by atoms with Crippen LogP contribution >= 0.6 is 0 Å². The number of benzene rings is 1. The Kier molecular flexibility index (Phi) is 6.26. The number of para-hydroxylation sites is 2. The van der Waals surface area contributed by atoms with Gasteiger partial charge in [-0.2, -0.15) is 0 Å². The Morgan fingerprint density at radius 1 is 0.793 bits per heavy atom. The maximum atomic E-state index is 13.0. The third kappa shape index (κ3) is 4.36. The van der Waals surface area contributed by atoms with E-state index in [9.17, 15) is 9.59 Å². The highest BCUT2D eigenvalue weighted by Gasteiger charge is 2.35. The van der Waals surface area contributed by atoms with Crippen molar-refractivity contribution in [1.29, 1.82) is 0 Å². The minimum atomic E-state index is 0.0930. The van der Waals surface area contributed by atoms with Crippen LogP contribution in [0.4, 0.5) is 5.69 Å². The molecular weight excluding hydrogens is 366 g/mol. The quantitative estimate of drug-likeness (QED) is 0.781. The lowest BCUT2D eigenvalue weighted by atomic mass is 9.80. The van der Waals surface area contributed by atoms with Gasteiger partial charge in [-0.3, -0.25) is 9.59 Å². The van der Waals surface area contributed by atoms with E-state index in [2.05, 4.69) is 11.0 Å². The number of methoxy groups -OCH3 is 1. The standard InChI is InChI=1S/C23H33N3O3/c1-29-21-7-3-2-6-20(21)24-14-16-26(17-15-24)23(28)19-10-8-18(9-11-19)22(27)25-12-4-5-13-25/h2-3,6-7,18-19H,4-5,8-17H2,1H3. The lowest BCUT2D eigenvalue weighted by Crippen LogP contribution is -2.51. The van der Waals surface area contributed by atoms with Crippen LogP contribution < -0.4 is 9.64 Å². The molecule has 4 rings (SSSR count). The van der Waals surface area contributed by atoms with Crippen molar-refractivity contribution in [2.24, 2.45) is 11.8 Å². The number of rotatable bonds is 4. The predicted octanol–water partition coefficient (Wildman–Crippen LogP) is 2.77. The van der Waals surface area contributed by atoms with Gasteiger partial charge in [-0.05, 0) is 50.7 Å². The van der Waals surface area contributed by atoms with E-state index in [-0.39, 0.29) is 17.7 Å². The molecule has 0 N–H and O–H groups in total. The number of carbonyl (C=O) groups is 2. The molecule has 3 fully saturated rings. The number of hydrogen-bond donors (Lipinski definition) is 0. The zero-order valence-electron chi connectivity index (χ0n) is 17.5. The van der Waals surface area contributed by atoms with Crippen molar-refractivity contribution in [2.75, 3.05) is 51.3 Å². The van der Waals surface area contributed by atoms with Crippen molar-refractivity contribution < 1.29 is 14.3 Å². The molecule has 1 aromatic rings. The third-order valence-corrected chi connectivity index (χ3v) is 6.86. The topological polar surface area (TPSA) is 53.1 Å². The van der Waals surface area contributed by atoms with Gasteiger partial charge in [0.25, 0.3) is 0 Å². The van der Waals surface area contributed by atoms with Gasteiger partial charge in [-0.1, -0.05) is 12.1 Å². The summed E-state index contributed by atoms with van der Waals surface area (Å²) in [4.78, 5) is 32.0. The van der Waals surface area contributed by atoms with Crippen molar-refractivity contribution in [1.82, 2.24) is 9.80 Å². The number of anilines is 1. The highest BCUT2D eigenvalue weighted by atomic mass is 16.5. The van der Waals surface area contributed by atoms with Crippen LogP contribution in [0, 0.1) is 11.8 Å². The molecule has 2 amide bonds. The Hall–Kier alpha value is -2.24. The summed E-state index contributed by atoms with van der Waals surface area (Å²) in [6, 6.07) is 8.06. The van der Waals surface area contributed by atoms with Crippen LogP contribution in [0.5, 0.6) is 5.75 Å². The first-order valence-corrected chi connectivity index (χ1v) is 11.1. The highest BCUT2D eigenvalue weighted by molar-refractivity contribution is 5.81. The van der Waals surface area contributed by atoms with E-state index in [0.717, 1.165) is 89.2 Å². The molecule has 2 saturated heterocycles. The second kappa shape index (κ2) is 9.06. The first-order valence-electron chi connectivity index (χ1n) is 11.1. The minimum Gasteiger partial charge on any atom is -0.495 e. The van der Waals surface area contributed by atoms with Crippen molar-refractivity contribution >= 4 is 17.5 Å². The van der Waals surface area contributed by atoms with E-state index in [4.69, 9.17) is 4.74 Å². The summed E-state index contributed by atoms with van der Waals surface area (Å²) in [7, 11) is 1.70. The third-order valence-electron chi connectivity index (χ3n) is 6.86. The van der Waals surface area contributed by atoms with E-state index in [0.29, 0.717) is 5.91 Å². The van der Waals surface area contributed by atoms with E-state index in [1.807, 2.05) is 28.0 Å². The summed E-state index contributed by atoms with van der Waals surface area (Å²) in [6.45, 7) is 5.01. The average Bonchev–Trinajstić information content (AvgIpc) is 3.33. The number of hydrogen-bond acceptors (Lipinski definition) is 4. The van der Waals surface area contributed by atoms with Gasteiger partial charge in [-0.25, -0.2) is 0 Å². The molecule has 0 bridgehead atoms. The molecule has 0 aromatic heterocycles. The predicted molar refractivity (Wildman–Crippen MR) is 113 cm³/mol. The zero-order chi connectivity index (χ0) is 20.2. The van der Waals surface area contributed by atoms with E-state index >= 15 is 0 Å². The Bertz CT molecular complexity index is 716. The molecule has 2 aliphatic heterocycles. The largest absolute Gasteiger partial charge is 0.495 e. The van der Waals surface area contributed by atoms with Crippen LogP contribution in [-0.4, -0.2) is 68.0 Å². The molecule has 6 heteroatoms. The van der Waals surface area contributed by atoms with Gasteiger partial charge in [0, 0.05) is 51.1 Å². The Morgan fingerprint density at radius 2 is 1.31 bits per heavy atom. The summed E-state index contributed by atoms with van der Waals surface area (Å²) in [5.41, 5.74) is 1.10. The smallest absolute Gasteiger partial charge is 0.225 e. The maximum Gasteiger partial charge on any atom is 0.225 e. The number of ether oxygens (including phenoxy) is 1. The molecule has 1 aromatic carbocycles. The first-order chi connectivity index (χ1) is 14.2. The van der Waals surface area contributed by atoms with Crippen LogP contribution in [0.1, 0.15) is 38.5 Å². The van der Waals surface area contributed by atoms with Gasteiger partial charge < -0.3 is 19.4 Å². The monoisotopic (exact) mass is 399 g/mol. The minimum absolute atomic E-state index is 0.0930. The Labute approximate surface area is 173 Å². The van der Waals surface area contributed by atoms with Gasteiger partial charge in [0.2, 0.25) is 11.8 Å². The van der Waals surface area contributed by atoms with Gasteiger partial charge in [0.1, 0.15) is 5.75 Å². The molecule has 1 saturated carbocycles. The van der Waals surface area contributed by atoms with Crippen molar-refractivity contribution in [3.63, 3.8) is 0 Å². The van der Waals surface area contributed by atoms with Crippen LogP contribution in [-0.2, 0) is 9.59 Å². The second-order valence-corrected chi connectivity index (χ2v) is 8.57. The summed E-state index contributed by atoms with van der Waals surface area (Å²) in [5, 5.41) is 0. The van der Waals surface area contributed by atoms with Crippen LogP contribution in [0.25, 0.3) is 0 Å². The summed E-state index contributed by atoms with van der Waals surface area (Å²) >= 11 is 0. The van der Waals surface area contributed by atoms with Crippen molar-refractivity contribution in [3.05, 3.63) is 24.3 Å². The summed E-state index contributed by atoms with van der Waals surface area (Å²) in [6.07, 6.45) is 5.73. The molecule has 6 nitrogen and oxygen atoms in total. The lowest BCUT2D eigenvalue weighted by Gasteiger charge is -2.39. The molecule has 0 radical (unpaired) electrons. The maximum absolute atomic E-state index is 13.0. The van der Waals surface area contributed by atoms with E-state index in [1.165, 1.54) is 0 Å². The molecule has 1 aliphatic carbocycles. The van der Waals surface area contributed by atoms with Crippen LogP contribution in [0.2, 0.25) is 0 Å². The van der Waals surface area contributed by atoms with Gasteiger partial charge in [0.05, 0.1) is 12.8 Å². The molecular formula is C23H33N3O3. The first kappa shape index (κ1) is 20.0. The lowest BCUT2D eigenvalue weighted by molar-refractivity contribution is -0.141. The SMILES string of the molecule is COc1ccccc1N1CCN(C(=O)C2CCC(C(=O)N3CCCC3)CC2)CC1. The Morgan fingerprint density at radius 3 is 1.86 bits per heavy atom. The number of nitrogens with zero attached hydrogens (tertiary/aromatic N) is 3. The number of carbonyl (C=O) groups excluding carboxylic acids is 2. The van der Waals surface area contributed by atoms with Crippen molar-refractivity contribution in [3.8, 4) is 5.75 Å². The molecule has 2 heterocycles. The molecule has 158 valence electrons. The fourth-order valence-electron chi connectivity index (χ4n) is 5.10.